The highest BCUT2D eigenvalue weighted by molar-refractivity contribution is 6.30. The highest BCUT2D eigenvalue weighted by Gasteiger charge is 2.21. The number of fused-ring (bicyclic) bond motifs is 1. The van der Waals surface area contributed by atoms with E-state index >= 15 is 0 Å². The third kappa shape index (κ3) is 4.58. The smallest absolute Gasteiger partial charge is 0.274 e. The van der Waals surface area contributed by atoms with Crippen molar-refractivity contribution >= 4 is 40.5 Å². The van der Waals surface area contributed by atoms with Gasteiger partial charge < -0.3 is 21.5 Å². The van der Waals surface area contributed by atoms with Crippen LogP contribution in [0.5, 0.6) is 0 Å². The largest absolute Gasteiger partial charge is 0.396 e. The maximum atomic E-state index is 12.7. The summed E-state index contributed by atoms with van der Waals surface area (Å²) >= 11 is 6.04. The average Bonchev–Trinajstić information content (AvgIpc) is 3.18. The van der Waals surface area contributed by atoms with Gasteiger partial charge >= 0.3 is 0 Å². The third-order valence-corrected chi connectivity index (χ3v) is 4.79. The second-order valence-corrected chi connectivity index (χ2v) is 7.38. The summed E-state index contributed by atoms with van der Waals surface area (Å²) in [4.78, 5) is 20.9. The molecule has 32 heavy (non-hydrogen) atoms. The molecule has 1 atom stereocenters. The van der Waals surface area contributed by atoms with Crippen LogP contribution in [0.2, 0.25) is 5.02 Å². The van der Waals surface area contributed by atoms with E-state index in [1.165, 1.54) is 10.7 Å². The molecule has 3 aromatic heterocycles. The molecule has 0 unspecified atom stereocenters. The molecule has 4 rings (SSSR count). The SMILES string of the molecule is C[C@@H](NC(=O)c1nc(CCO)cnc1N)c1nnc2ccc(Nc3cccc(Cl)c3)nn12. The molecule has 0 saturated carbocycles. The molecular weight excluding hydrogens is 434 g/mol. The lowest BCUT2D eigenvalue weighted by atomic mass is 10.2. The van der Waals surface area contributed by atoms with Crippen LogP contribution in [0.1, 0.15) is 35.0 Å². The number of nitrogens with two attached hydrogens (primary N) is 1. The minimum absolute atomic E-state index is 0.00590. The number of benzene rings is 1. The van der Waals surface area contributed by atoms with Crippen molar-refractivity contribution in [2.45, 2.75) is 19.4 Å². The van der Waals surface area contributed by atoms with Crippen molar-refractivity contribution in [2.75, 3.05) is 17.7 Å². The summed E-state index contributed by atoms with van der Waals surface area (Å²) in [5.41, 5.74) is 7.55. The topological polar surface area (TPSA) is 156 Å². The Hall–Kier alpha value is -3.83. The Morgan fingerprint density at radius 3 is 2.91 bits per heavy atom. The second-order valence-electron chi connectivity index (χ2n) is 6.95. The first-order chi connectivity index (χ1) is 15.4. The van der Waals surface area contributed by atoms with Gasteiger partial charge in [-0.3, -0.25) is 4.79 Å². The molecule has 12 heteroatoms. The van der Waals surface area contributed by atoms with Gasteiger partial charge in [0.15, 0.2) is 28.8 Å². The van der Waals surface area contributed by atoms with Crippen molar-refractivity contribution in [3.63, 3.8) is 0 Å². The number of nitrogen functional groups attached to an aromatic ring is 1. The van der Waals surface area contributed by atoms with Crippen molar-refractivity contribution in [1.29, 1.82) is 0 Å². The van der Waals surface area contributed by atoms with E-state index in [0.29, 0.717) is 28.0 Å². The monoisotopic (exact) mass is 453 g/mol. The first kappa shape index (κ1) is 21.4. The molecule has 0 spiro atoms. The van der Waals surface area contributed by atoms with Gasteiger partial charge in [-0.2, -0.15) is 4.52 Å². The Labute approximate surface area is 187 Å². The number of aromatic nitrogens is 6. The average molecular weight is 454 g/mol. The maximum Gasteiger partial charge on any atom is 0.274 e. The number of halogens is 1. The van der Waals surface area contributed by atoms with Gasteiger partial charge in [0, 0.05) is 23.7 Å². The maximum absolute atomic E-state index is 12.7. The van der Waals surface area contributed by atoms with Crippen LogP contribution in [-0.4, -0.2) is 47.4 Å². The predicted molar refractivity (Wildman–Crippen MR) is 119 cm³/mol. The summed E-state index contributed by atoms with van der Waals surface area (Å²) in [5, 5.41) is 28.4. The van der Waals surface area contributed by atoms with E-state index < -0.39 is 11.9 Å². The number of aliphatic hydroxyl groups is 1. The van der Waals surface area contributed by atoms with E-state index in [-0.39, 0.29) is 24.5 Å². The first-order valence-electron chi connectivity index (χ1n) is 9.72. The molecule has 0 aliphatic heterocycles. The molecule has 11 nitrogen and oxygen atoms in total. The summed E-state index contributed by atoms with van der Waals surface area (Å²) in [6.45, 7) is 1.63. The number of hydrogen-bond donors (Lipinski definition) is 4. The Bertz CT molecular complexity index is 1280. The minimum Gasteiger partial charge on any atom is -0.396 e. The van der Waals surface area contributed by atoms with Gasteiger partial charge in [-0.25, -0.2) is 9.97 Å². The molecule has 3 heterocycles. The van der Waals surface area contributed by atoms with E-state index in [0.717, 1.165) is 5.69 Å². The molecule has 0 fully saturated rings. The van der Waals surface area contributed by atoms with Crippen LogP contribution in [0.3, 0.4) is 0 Å². The molecule has 5 N–H and O–H groups in total. The predicted octanol–water partition coefficient (Wildman–Crippen LogP) is 1.92. The number of nitrogens with zero attached hydrogens (tertiary/aromatic N) is 6. The number of carbonyl (C=O) groups is 1. The molecule has 4 aromatic rings. The number of aliphatic hydroxyl groups excluding tert-OH is 1. The molecule has 0 aliphatic rings. The normalized spacial score (nSPS) is 12.0. The van der Waals surface area contributed by atoms with E-state index in [9.17, 15) is 4.79 Å². The first-order valence-corrected chi connectivity index (χ1v) is 10.1. The molecule has 1 aromatic carbocycles. The Balaban J connectivity index is 1.56. The van der Waals surface area contributed by atoms with Gasteiger partial charge in [-0.15, -0.1) is 15.3 Å². The molecule has 0 bridgehead atoms. The Kier molecular flexibility index (Phi) is 6.10. The van der Waals surface area contributed by atoms with E-state index in [2.05, 4.69) is 35.9 Å². The minimum atomic E-state index is -0.561. The number of carbonyl (C=O) groups excluding carboxylic acids is 1. The molecule has 164 valence electrons. The van der Waals surface area contributed by atoms with Crippen molar-refractivity contribution < 1.29 is 9.90 Å². The molecule has 0 radical (unpaired) electrons. The fourth-order valence-corrected chi connectivity index (χ4v) is 3.21. The van der Waals surface area contributed by atoms with Crippen LogP contribution >= 0.6 is 11.6 Å². The van der Waals surface area contributed by atoms with Gasteiger partial charge in [0.2, 0.25) is 0 Å². The molecule has 0 aliphatic carbocycles. The lowest BCUT2D eigenvalue weighted by Gasteiger charge is -2.13. The number of amides is 1. The number of anilines is 3. The second kappa shape index (κ2) is 9.12. The zero-order valence-corrected chi connectivity index (χ0v) is 17.8. The summed E-state index contributed by atoms with van der Waals surface area (Å²) < 4.78 is 1.54. The van der Waals surface area contributed by atoms with Gasteiger partial charge in [0.05, 0.1) is 17.9 Å². The van der Waals surface area contributed by atoms with E-state index in [1.54, 1.807) is 31.2 Å². The van der Waals surface area contributed by atoms with Crippen molar-refractivity contribution in [3.05, 3.63) is 64.8 Å². The summed E-state index contributed by atoms with van der Waals surface area (Å²) in [6.07, 6.45) is 1.69. The molecule has 1 amide bonds. The van der Waals surface area contributed by atoms with E-state index in [1.807, 2.05) is 12.1 Å². The van der Waals surface area contributed by atoms with Crippen LogP contribution in [0.15, 0.2) is 42.6 Å². The number of nitrogens with one attached hydrogen (secondary N) is 2. The van der Waals surface area contributed by atoms with E-state index in [4.69, 9.17) is 22.4 Å². The zero-order chi connectivity index (χ0) is 22.7. The highest BCUT2D eigenvalue weighted by atomic mass is 35.5. The zero-order valence-electron chi connectivity index (χ0n) is 17.0. The lowest BCUT2D eigenvalue weighted by molar-refractivity contribution is 0.0933. The fraction of sp³-hybridized carbons (Fsp3) is 0.200. The standard InChI is InChI=1S/C20H20ClN9O2/c1-11(24-20(32)17-18(22)23-10-14(26-17)7-8-31)19-28-27-16-6-5-15(29-30(16)19)25-13-4-2-3-12(21)9-13/h2-6,9-11,31H,7-8H2,1H3,(H2,22,23)(H,24,32)(H,25,29)/t11-/m1/s1. The van der Waals surface area contributed by atoms with Crippen molar-refractivity contribution in [3.8, 4) is 0 Å². The van der Waals surface area contributed by atoms with Gasteiger partial charge in [-0.05, 0) is 37.3 Å². The number of rotatable bonds is 7. The third-order valence-electron chi connectivity index (χ3n) is 4.55. The van der Waals surface area contributed by atoms with Gasteiger partial charge in [0.1, 0.15) is 0 Å². The molecular formula is C20H20ClN9O2. The Morgan fingerprint density at radius 2 is 2.12 bits per heavy atom. The van der Waals surface area contributed by atoms with Crippen molar-refractivity contribution in [2.24, 2.45) is 0 Å². The van der Waals surface area contributed by atoms with Gasteiger partial charge in [0.25, 0.3) is 5.91 Å². The summed E-state index contributed by atoms with van der Waals surface area (Å²) in [6, 6.07) is 10.2. The highest BCUT2D eigenvalue weighted by Crippen LogP contribution is 2.20. The van der Waals surface area contributed by atoms with Crippen LogP contribution in [-0.2, 0) is 6.42 Å². The number of hydrogen-bond acceptors (Lipinski definition) is 9. The Morgan fingerprint density at radius 1 is 1.28 bits per heavy atom. The van der Waals surface area contributed by atoms with Crippen LogP contribution in [0.4, 0.5) is 17.3 Å². The van der Waals surface area contributed by atoms with Crippen LogP contribution in [0.25, 0.3) is 5.65 Å². The van der Waals surface area contributed by atoms with Crippen molar-refractivity contribution in [1.82, 2.24) is 35.1 Å². The quantitative estimate of drug-likeness (QED) is 0.328. The van der Waals surface area contributed by atoms with Gasteiger partial charge in [-0.1, -0.05) is 17.7 Å². The summed E-state index contributed by atoms with van der Waals surface area (Å²) in [5.74, 6) is 0.438. The van der Waals surface area contributed by atoms with Crippen LogP contribution in [0, 0.1) is 0 Å². The lowest BCUT2D eigenvalue weighted by Crippen LogP contribution is -2.30. The van der Waals surface area contributed by atoms with Crippen LogP contribution < -0.4 is 16.4 Å². The molecule has 0 saturated heterocycles. The summed E-state index contributed by atoms with van der Waals surface area (Å²) in [7, 11) is 0. The fourth-order valence-electron chi connectivity index (χ4n) is 3.02.